The summed E-state index contributed by atoms with van der Waals surface area (Å²) in [7, 11) is -3.79. The molecular formula is C14H17N3O4S. The Bertz CT molecular complexity index is 796. The van der Waals surface area contributed by atoms with Crippen LogP contribution in [0.4, 0.5) is 0 Å². The standard InChI is InChI=1S/C14H17N3O4S/c1-3-17-9-11(7-13(17)14(18)19)22(20,21)16-8-12-10(2)5-4-6-15-12/h4-7,9,16H,3,8H2,1-2H3,(H,18,19). The van der Waals surface area contributed by atoms with Crippen LogP contribution in [0.1, 0.15) is 28.7 Å². The molecule has 2 N–H and O–H groups in total. The molecule has 22 heavy (non-hydrogen) atoms. The number of aromatic carboxylic acids is 1. The molecule has 0 radical (unpaired) electrons. The minimum atomic E-state index is -3.79. The molecule has 0 saturated carbocycles. The molecule has 0 spiro atoms. The summed E-state index contributed by atoms with van der Waals surface area (Å²) in [5.41, 5.74) is 1.44. The number of sulfonamides is 1. The predicted octanol–water partition coefficient (Wildman–Crippen LogP) is 1.39. The van der Waals surface area contributed by atoms with E-state index in [9.17, 15) is 13.2 Å². The van der Waals surface area contributed by atoms with Crippen LogP contribution < -0.4 is 4.72 Å². The van der Waals surface area contributed by atoms with E-state index in [-0.39, 0.29) is 17.1 Å². The zero-order valence-corrected chi connectivity index (χ0v) is 13.1. The fourth-order valence-electron chi connectivity index (χ4n) is 2.02. The SMILES string of the molecule is CCn1cc(S(=O)(=O)NCc2ncccc2C)cc1C(=O)O. The van der Waals surface area contributed by atoms with Gasteiger partial charge < -0.3 is 9.67 Å². The molecule has 0 saturated heterocycles. The lowest BCUT2D eigenvalue weighted by molar-refractivity contribution is 0.0685. The number of pyridine rings is 1. The molecule has 2 aromatic rings. The molecule has 0 aliphatic heterocycles. The molecule has 2 heterocycles. The summed E-state index contributed by atoms with van der Waals surface area (Å²) in [5, 5.41) is 9.07. The summed E-state index contributed by atoms with van der Waals surface area (Å²) in [6.07, 6.45) is 2.91. The smallest absolute Gasteiger partial charge is 0.352 e. The lowest BCUT2D eigenvalue weighted by atomic mass is 10.2. The van der Waals surface area contributed by atoms with Crippen molar-refractivity contribution in [3.8, 4) is 0 Å². The second kappa shape index (κ2) is 6.29. The Morgan fingerprint density at radius 1 is 1.45 bits per heavy atom. The van der Waals surface area contributed by atoms with Gasteiger partial charge in [0.25, 0.3) is 0 Å². The van der Waals surface area contributed by atoms with Gasteiger partial charge in [-0.3, -0.25) is 4.98 Å². The van der Waals surface area contributed by atoms with E-state index < -0.39 is 16.0 Å². The van der Waals surface area contributed by atoms with Gasteiger partial charge in [-0.05, 0) is 31.5 Å². The highest BCUT2D eigenvalue weighted by Gasteiger charge is 2.21. The molecule has 0 aliphatic rings. The second-order valence-electron chi connectivity index (χ2n) is 4.74. The minimum absolute atomic E-state index is 0.0503. The Hall–Kier alpha value is -2.19. The van der Waals surface area contributed by atoms with Gasteiger partial charge in [-0.25, -0.2) is 17.9 Å². The fourth-order valence-corrected chi connectivity index (χ4v) is 3.05. The normalized spacial score (nSPS) is 11.5. The van der Waals surface area contributed by atoms with Crippen LogP contribution in [0.15, 0.2) is 35.5 Å². The molecule has 0 aromatic carbocycles. The highest BCUT2D eigenvalue weighted by molar-refractivity contribution is 7.89. The van der Waals surface area contributed by atoms with Crippen molar-refractivity contribution < 1.29 is 18.3 Å². The van der Waals surface area contributed by atoms with Gasteiger partial charge >= 0.3 is 5.97 Å². The fraction of sp³-hybridized carbons (Fsp3) is 0.286. The minimum Gasteiger partial charge on any atom is -0.477 e. The summed E-state index contributed by atoms with van der Waals surface area (Å²) in [6, 6.07) is 4.76. The quantitative estimate of drug-likeness (QED) is 0.836. The van der Waals surface area contributed by atoms with E-state index >= 15 is 0 Å². The van der Waals surface area contributed by atoms with E-state index in [4.69, 9.17) is 5.11 Å². The second-order valence-corrected chi connectivity index (χ2v) is 6.51. The molecule has 8 heteroatoms. The van der Waals surface area contributed by atoms with E-state index in [0.29, 0.717) is 12.2 Å². The maximum Gasteiger partial charge on any atom is 0.352 e. The van der Waals surface area contributed by atoms with Gasteiger partial charge in [-0.2, -0.15) is 0 Å². The van der Waals surface area contributed by atoms with Crippen LogP contribution in [-0.4, -0.2) is 29.0 Å². The van der Waals surface area contributed by atoms with Crippen LogP contribution in [0.5, 0.6) is 0 Å². The number of hydrogen-bond acceptors (Lipinski definition) is 4. The first-order valence-electron chi connectivity index (χ1n) is 6.68. The summed E-state index contributed by atoms with van der Waals surface area (Å²) in [4.78, 5) is 15.1. The average Bonchev–Trinajstić information content (AvgIpc) is 2.92. The Balaban J connectivity index is 2.24. The van der Waals surface area contributed by atoms with Crippen LogP contribution >= 0.6 is 0 Å². The number of aryl methyl sites for hydroxylation is 2. The van der Waals surface area contributed by atoms with E-state index in [1.807, 2.05) is 13.0 Å². The van der Waals surface area contributed by atoms with Crippen molar-refractivity contribution in [1.82, 2.24) is 14.3 Å². The van der Waals surface area contributed by atoms with Crippen molar-refractivity contribution >= 4 is 16.0 Å². The number of nitrogens with zero attached hydrogens (tertiary/aromatic N) is 2. The van der Waals surface area contributed by atoms with Crippen molar-refractivity contribution in [1.29, 1.82) is 0 Å². The van der Waals surface area contributed by atoms with Gasteiger partial charge in [-0.1, -0.05) is 6.07 Å². The van der Waals surface area contributed by atoms with Gasteiger partial charge in [0.1, 0.15) is 10.6 Å². The van der Waals surface area contributed by atoms with Crippen molar-refractivity contribution in [2.24, 2.45) is 0 Å². The largest absolute Gasteiger partial charge is 0.477 e. The number of carboxylic acid groups (broad SMARTS) is 1. The number of rotatable bonds is 6. The van der Waals surface area contributed by atoms with Crippen molar-refractivity contribution in [3.05, 3.63) is 47.5 Å². The Morgan fingerprint density at radius 3 is 2.73 bits per heavy atom. The van der Waals surface area contributed by atoms with Gasteiger partial charge in [0.05, 0.1) is 12.2 Å². The van der Waals surface area contributed by atoms with E-state index in [1.165, 1.54) is 10.8 Å². The highest BCUT2D eigenvalue weighted by atomic mass is 32.2. The molecule has 7 nitrogen and oxygen atoms in total. The van der Waals surface area contributed by atoms with Crippen LogP contribution in [0.2, 0.25) is 0 Å². The zero-order valence-electron chi connectivity index (χ0n) is 12.3. The number of aromatic nitrogens is 2. The van der Waals surface area contributed by atoms with E-state index in [1.54, 1.807) is 19.2 Å². The molecule has 0 atom stereocenters. The van der Waals surface area contributed by atoms with Crippen molar-refractivity contribution in [3.63, 3.8) is 0 Å². The number of nitrogens with one attached hydrogen (secondary N) is 1. The highest BCUT2D eigenvalue weighted by Crippen LogP contribution is 2.15. The van der Waals surface area contributed by atoms with Crippen LogP contribution in [0.25, 0.3) is 0 Å². The van der Waals surface area contributed by atoms with Gasteiger partial charge in [0, 0.05) is 18.9 Å². The Morgan fingerprint density at radius 2 is 2.18 bits per heavy atom. The Kier molecular flexibility index (Phi) is 4.62. The summed E-state index contributed by atoms with van der Waals surface area (Å²) >= 11 is 0. The molecule has 0 fully saturated rings. The first kappa shape index (κ1) is 16.2. The van der Waals surface area contributed by atoms with Gasteiger partial charge in [-0.15, -0.1) is 0 Å². The summed E-state index contributed by atoms with van der Waals surface area (Å²) < 4.78 is 28.4. The third-order valence-corrected chi connectivity index (χ3v) is 4.66. The molecular weight excluding hydrogens is 306 g/mol. The third kappa shape index (κ3) is 3.34. The average molecular weight is 323 g/mol. The topological polar surface area (TPSA) is 101 Å². The van der Waals surface area contributed by atoms with Crippen LogP contribution in [-0.2, 0) is 23.1 Å². The molecule has 0 amide bonds. The van der Waals surface area contributed by atoms with Crippen molar-refractivity contribution in [2.75, 3.05) is 0 Å². The molecule has 2 rings (SSSR count). The monoisotopic (exact) mass is 323 g/mol. The van der Waals surface area contributed by atoms with Gasteiger partial charge in [0.15, 0.2) is 0 Å². The molecule has 2 aromatic heterocycles. The van der Waals surface area contributed by atoms with Crippen LogP contribution in [0.3, 0.4) is 0 Å². The Labute approximate surface area is 128 Å². The predicted molar refractivity (Wildman–Crippen MR) is 80.1 cm³/mol. The maximum atomic E-state index is 12.3. The first-order valence-corrected chi connectivity index (χ1v) is 8.17. The lowest BCUT2D eigenvalue weighted by Gasteiger charge is -2.06. The van der Waals surface area contributed by atoms with E-state index in [2.05, 4.69) is 9.71 Å². The number of hydrogen-bond donors (Lipinski definition) is 2. The number of carboxylic acids is 1. The lowest BCUT2D eigenvalue weighted by Crippen LogP contribution is -2.23. The zero-order chi connectivity index (χ0) is 16.3. The summed E-state index contributed by atoms with van der Waals surface area (Å²) in [5.74, 6) is -1.16. The van der Waals surface area contributed by atoms with Crippen LogP contribution in [0, 0.1) is 6.92 Å². The summed E-state index contributed by atoms with van der Waals surface area (Å²) in [6.45, 7) is 4.01. The maximum absolute atomic E-state index is 12.3. The molecule has 0 bridgehead atoms. The van der Waals surface area contributed by atoms with Crippen molar-refractivity contribution in [2.45, 2.75) is 31.8 Å². The molecule has 118 valence electrons. The number of carbonyl (C=O) groups is 1. The first-order chi connectivity index (χ1) is 10.3. The van der Waals surface area contributed by atoms with Gasteiger partial charge in [0.2, 0.25) is 10.0 Å². The third-order valence-electron chi connectivity index (χ3n) is 3.29. The molecule has 0 aliphatic carbocycles. The van der Waals surface area contributed by atoms with E-state index in [0.717, 1.165) is 11.6 Å². The molecule has 0 unspecified atom stereocenters.